The molecule has 2 aromatic heterocycles. The van der Waals surface area contributed by atoms with Crippen molar-refractivity contribution in [2.24, 2.45) is 0 Å². The highest BCUT2D eigenvalue weighted by atomic mass is 32.2. The van der Waals surface area contributed by atoms with Crippen LogP contribution in [0.1, 0.15) is 0 Å². The van der Waals surface area contributed by atoms with E-state index in [1.807, 2.05) is 0 Å². The van der Waals surface area contributed by atoms with Gasteiger partial charge in [0.05, 0.1) is 16.6 Å². The molecule has 0 aliphatic heterocycles. The quantitative estimate of drug-likeness (QED) is 0.693. The van der Waals surface area contributed by atoms with E-state index in [0.717, 1.165) is 0 Å². The third-order valence-electron chi connectivity index (χ3n) is 1.68. The van der Waals surface area contributed by atoms with Gasteiger partial charge in [-0.3, -0.25) is 9.97 Å². The molecule has 1 unspecified atom stereocenters. The van der Waals surface area contributed by atoms with Gasteiger partial charge in [-0.2, -0.15) is 0 Å². The molecule has 0 radical (unpaired) electrons. The fourth-order valence-corrected chi connectivity index (χ4v) is 1.62. The number of rotatable bonds is 1. The zero-order chi connectivity index (χ0) is 9.26. The van der Waals surface area contributed by atoms with Gasteiger partial charge in [-0.15, -0.1) is 0 Å². The van der Waals surface area contributed by atoms with Crippen molar-refractivity contribution in [2.75, 3.05) is 0 Å². The van der Waals surface area contributed by atoms with E-state index in [2.05, 4.69) is 9.97 Å². The smallest absolute Gasteiger partial charge is 0.188 e. The van der Waals surface area contributed by atoms with E-state index in [0.29, 0.717) is 15.8 Å². The first-order chi connectivity index (χ1) is 6.29. The summed E-state index contributed by atoms with van der Waals surface area (Å²) < 4.78 is 19.8. The molecule has 2 rings (SSSR count). The molecule has 2 heterocycles. The summed E-state index contributed by atoms with van der Waals surface area (Å²) in [6.45, 7) is 0. The van der Waals surface area contributed by atoms with Crippen LogP contribution in [0.25, 0.3) is 10.9 Å². The molecule has 0 aliphatic carbocycles. The van der Waals surface area contributed by atoms with Crippen LogP contribution in [0.3, 0.4) is 0 Å². The molecular formula is C8H6N2O2S. The molecule has 0 spiro atoms. The SMILES string of the molecule is O=S(O)c1cncc2ncccc12. The van der Waals surface area contributed by atoms with Crippen molar-refractivity contribution < 1.29 is 8.76 Å². The van der Waals surface area contributed by atoms with E-state index in [9.17, 15) is 4.21 Å². The Morgan fingerprint density at radius 3 is 3.00 bits per heavy atom. The predicted octanol–water partition coefficient (Wildman–Crippen LogP) is 1.21. The summed E-state index contributed by atoms with van der Waals surface area (Å²) in [4.78, 5) is 8.13. The number of pyridine rings is 2. The van der Waals surface area contributed by atoms with Crippen molar-refractivity contribution >= 4 is 22.0 Å². The first-order valence-corrected chi connectivity index (χ1v) is 4.69. The summed E-state index contributed by atoms with van der Waals surface area (Å²) in [5.74, 6) is 0. The van der Waals surface area contributed by atoms with E-state index < -0.39 is 11.1 Å². The number of fused-ring (bicyclic) bond motifs is 1. The van der Waals surface area contributed by atoms with Gasteiger partial charge in [0.2, 0.25) is 0 Å². The molecule has 2 aromatic rings. The number of hydrogen-bond donors (Lipinski definition) is 1. The molecule has 0 saturated heterocycles. The van der Waals surface area contributed by atoms with Crippen molar-refractivity contribution in [1.29, 1.82) is 0 Å². The minimum Gasteiger partial charge on any atom is -0.302 e. The Morgan fingerprint density at radius 2 is 2.23 bits per heavy atom. The standard InChI is InChI=1S/C8H6N2O2S/c11-13(12)8-5-9-4-7-6(8)2-1-3-10-7/h1-5H,(H,11,12). The maximum absolute atomic E-state index is 10.9. The monoisotopic (exact) mass is 194 g/mol. The van der Waals surface area contributed by atoms with Gasteiger partial charge in [0.25, 0.3) is 0 Å². The van der Waals surface area contributed by atoms with Gasteiger partial charge >= 0.3 is 0 Å². The summed E-state index contributed by atoms with van der Waals surface area (Å²) in [6.07, 6.45) is 4.56. The summed E-state index contributed by atoms with van der Waals surface area (Å²) in [5, 5.41) is 0.665. The minimum absolute atomic E-state index is 0.297. The summed E-state index contributed by atoms with van der Waals surface area (Å²) in [7, 11) is 0. The van der Waals surface area contributed by atoms with Crippen LogP contribution in [0, 0.1) is 0 Å². The molecule has 5 heteroatoms. The topological polar surface area (TPSA) is 63.1 Å². The van der Waals surface area contributed by atoms with Crippen molar-refractivity contribution in [1.82, 2.24) is 9.97 Å². The maximum Gasteiger partial charge on any atom is 0.188 e. The van der Waals surface area contributed by atoms with Crippen LogP contribution in [0.15, 0.2) is 35.6 Å². The Bertz CT molecular complexity index is 467. The van der Waals surface area contributed by atoms with Crippen molar-refractivity contribution in [3.63, 3.8) is 0 Å². The van der Waals surface area contributed by atoms with Gasteiger partial charge in [-0.05, 0) is 12.1 Å². The molecule has 1 N–H and O–H groups in total. The molecule has 0 amide bonds. The van der Waals surface area contributed by atoms with Crippen LogP contribution >= 0.6 is 0 Å². The third-order valence-corrected chi connectivity index (χ3v) is 2.38. The summed E-state index contributed by atoms with van der Waals surface area (Å²) in [6, 6.07) is 3.46. The van der Waals surface area contributed by atoms with Gasteiger partial charge < -0.3 is 4.55 Å². The lowest BCUT2D eigenvalue weighted by atomic mass is 10.3. The zero-order valence-electron chi connectivity index (χ0n) is 6.54. The van der Waals surface area contributed by atoms with E-state index in [-0.39, 0.29) is 0 Å². The van der Waals surface area contributed by atoms with E-state index in [1.54, 1.807) is 24.5 Å². The van der Waals surface area contributed by atoms with E-state index in [4.69, 9.17) is 4.55 Å². The second-order valence-electron chi connectivity index (χ2n) is 2.46. The molecule has 4 nitrogen and oxygen atoms in total. The Balaban J connectivity index is 2.83. The lowest BCUT2D eigenvalue weighted by Crippen LogP contribution is -1.92. The van der Waals surface area contributed by atoms with E-state index in [1.165, 1.54) is 6.20 Å². The molecule has 13 heavy (non-hydrogen) atoms. The Morgan fingerprint density at radius 1 is 1.38 bits per heavy atom. The molecule has 0 saturated carbocycles. The van der Waals surface area contributed by atoms with E-state index >= 15 is 0 Å². The average Bonchev–Trinajstić information content (AvgIpc) is 2.17. The minimum atomic E-state index is -2.01. The molecule has 66 valence electrons. The van der Waals surface area contributed by atoms with Crippen molar-refractivity contribution in [3.05, 3.63) is 30.7 Å². The van der Waals surface area contributed by atoms with Crippen LogP contribution in [0.2, 0.25) is 0 Å². The zero-order valence-corrected chi connectivity index (χ0v) is 7.36. The van der Waals surface area contributed by atoms with Crippen molar-refractivity contribution in [3.8, 4) is 0 Å². The Labute approximate surface area is 76.9 Å². The average molecular weight is 194 g/mol. The molecule has 0 fully saturated rings. The van der Waals surface area contributed by atoms with Gasteiger partial charge in [0, 0.05) is 17.8 Å². The first kappa shape index (κ1) is 8.28. The summed E-state index contributed by atoms with van der Waals surface area (Å²) in [5.41, 5.74) is 0.627. The highest BCUT2D eigenvalue weighted by Crippen LogP contribution is 2.16. The maximum atomic E-state index is 10.9. The van der Waals surface area contributed by atoms with Crippen LogP contribution in [-0.2, 0) is 11.1 Å². The number of nitrogens with zero attached hydrogens (tertiary/aromatic N) is 2. The second kappa shape index (κ2) is 3.20. The predicted molar refractivity (Wildman–Crippen MR) is 48.6 cm³/mol. The highest BCUT2D eigenvalue weighted by Gasteiger charge is 2.05. The fraction of sp³-hybridized carbons (Fsp3) is 0. The van der Waals surface area contributed by atoms with Crippen LogP contribution < -0.4 is 0 Å². The van der Waals surface area contributed by atoms with Gasteiger partial charge in [0.15, 0.2) is 11.1 Å². The van der Waals surface area contributed by atoms with Crippen LogP contribution in [0.5, 0.6) is 0 Å². The van der Waals surface area contributed by atoms with Gasteiger partial charge in [-0.1, -0.05) is 0 Å². The van der Waals surface area contributed by atoms with Crippen LogP contribution in [0.4, 0.5) is 0 Å². The largest absolute Gasteiger partial charge is 0.302 e. The molecule has 0 aromatic carbocycles. The molecule has 1 atom stereocenters. The van der Waals surface area contributed by atoms with Crippen molar-refractivity contribution in [2.45, 2.75) is 4.90 Å². The number of aromatic nitrogens is 2. The first-order valence-electron chi connectivity index (χ1n) is 3.58. The van der Waals surface area contributed by atoms with Crippen LogP contribution in [-0.4, -0.2) is 18.7 Å². The Hall–Kier alpha value is -1.33. The highest BCUT2D eigenvalue weighted by molar-refractivity contribution is 7.79. The summed E-state index contributed by atoms with van der Waals surface area (Å²) >= 11 is -2.01. The second-order valence-corrected chi connectivity index (χ2v) is 3.40. The van der Waals surface area contributed by atoms with Gasteiger partial charge in [0.1, 0.15) is 0 Å². The lowest BCUT2D eigenvalue weighted by Gasteiger charge is -1.99. The number of hydrogen-bond acceptors (Lipinski definition) is 3. The molecule has 0 aliphatic rings. The van der Waals surface area contributed by atoms with Gasteiger partial charge in [-0.25, -0.2) is 4.21 Å². The third kappa shape index (κ3) is 1.43. The fourth-order valence-electron chi connectivity index (χ4n) is 1.11. The molecular weight excluding hydrogens is 188 g/mol. The molecule has 0 bridgehead atoms. The lowest BCUT2D eigenvalue weighted by molar-refractivity contribution is 0.565. The Kier molecular flexibility index (Phi) is 2.03. The normalized spacial score (nSPS) is 13.0.